The van der Waals surface area contributed by atoms with Crippen LogP contribution in [-0.2, 0) is 4.79 Å². The minimum absolute atomic E-state index is 0.0681. The Bertz CT molecular complexity index is 1020. The van der Waals surface area contributed by atoms with Crippen LogP contribution in [0.25, 0.3) is 10.2 Å². The van der Waals surface area contributed by atoms with Crippen molar-refractivity contribution in [2.45, 2.75) is 17.7 Å². The maximum absolute atomic E-state index is 13.3. The molecule has 0 saturated carbocycles. The van der Waals surface area contributed by atoms with Gasteiger partial charge < -0.3 is 10.2 Å². The van der Waals surface area contributed by atoms with Gasteiger partial charge >= 0.3 is 0 Å². The van der Waals surface area contributed by atoms with E-state index in [9.17, 15) is 9.18 Å². The fraction of sp³-hybridized carbons (Fsp3) is 0.381. The number of pyridine rings is 1. The molecule has 1 amide bonds. The van der Waals surface area contributed by atoms with E-state index in [1.807, 2.05) is 24.3 Å². The first-order valence-electron chi connectivity index (χ1n) is 9.98. The van der Waals surface area contributed by atoms with E-state index in [4.69, 9.17) is 0 Å². The van der Waals surface area contributed by atoms with E-state index in [0.29, 0.717) is 0 Å². The number of carbonyl (C=O) groups is 1. The third-order valence-electron chi connectivity index (χ3n) is 4.93. The number of thiazole rings is 1. The number of fused-ring (bicyclic) bond motifs is 1. The van der Waals surface area contributed by atoms with Crippen molar-refractivity contribution in [2.24, 2.45) is 0 Å². The van der Waals surface area contributed by atoms with Crippen LogP contribution in [0.1, 0.15) is 13.3 Å². The molecule has 4 rings (SSSR count). The zero-order chi connectivity index (χ0) is 20.9. The number of aromatic nitrogens is 2. The molecule has 0 atom stereocenters. The van der Waals surface area contributed by atoms with Crippen molar-refractivity contribution in [3.8, 4) is 0 Å². The molecule has 158 valence electrons. The number of nitrogens with zero attached hydrogens (tertiary/aromatic N) is 4. The minimum Gasteiger partial charge on any atom is -0.354 e. The largest absolute Gasteiger partial charge is 0.354 e. The highest BCUT2D eigenvalue weighted by Crippen LogP contribution is 2.31. The quantitative estimate of drug-likeness (QED) is 0.336. The second kappa shape index (κ2) is 9.72. The number of hydrogen-bond donors (Lipinski definition) is 1. The highest BCUT2D eigenvalue weighted by atomic mass is 32.2. The van der Waals surface area contributed by atoms with Crippen molar-refractivity contribution in [2.75, 3.05) is 48.7 Å². The van der Waals surface area contributed by atoms with Gasteiger partial charge in [-0.15, -0.1) is 11.3 Å². The molecule has 0 aliphatic carbocycles. The van der Waals surface area contributed by atoms with Gasteiger partial charge in [0.05, 0.1) is 10.2 Å². The molecule has 1 saturated heterocycles. The Morgan fingerprint density at radius 3 is 2.80 bits per heavy atom. The highest BCUT2D eigenvalue weighted by molar-refractivity contribution is 8.01. The van der Waals surface area contributed by atoms with Gasteiger partial charge in [0.25, 0.3) is 0 Å². The molecule has 6 nitrogen and oxygen atoms in total. The van der Waals surface area contributed by atoms with Gasteiger partial charge in [0.2, 0.25) is 11.9 Å². The van der Waals surface area contributed by atoms with Crippen molar-refractivity contribution in [1.82, 2.24) is 14.9 Å². The van der Waals surface area contributed by atoms with Gasteiger partial charge in [-0.1, -0.05) is 17.8 Å². The lowest BCUT2D eigenvalue weighted by Crippen LogP contribution is -2.47. The lowest BCUT2D eigenvalue weighted by molar-refractivity contribution is -0.114. The second-order valence-electron chi connectivity index (χ2n) is 7.19. The number of carbonyl (C=O) groups excluding carboxylic acids is 1. The molecule has 0 spiro atoms. The van der Waals surface area contributed by atoms with Crippen LogP contribution in [0, 0.1) is 5.95 Å². The van der Waals surface area contributed by atoms with Gasteiger partial charge in [0, 0.05) is 44.5 Å². The van der Waals surface area contributed by atoms with Gasteiger partial charge in [-0.3, -0.25) is 9.69 Å². The van der Waals surface area contributed by atoms with Crippen LogP contribution in [0.15, 0.2) is 40.7 Å². The molecule has 1 aliphatic rings. The van der Waals surface area contributed by atoms with Crippen molar-refractivity contribution in [3.63, 3.8) is 0 Å². The molecule has 1 N–H and O–H groups in total. The van der Waals surface area contributed by atoms with Gasteiger partial charge in [-0.2, -0.15) is 4.39 Å². The number of nitrogens with one attached hydrogen (secondary N) is 1. The van der Waals surface area contributed by atoms with Crippen LogP contribution in [0.2, 0.25) is 0 Å². The maximum atomic E-state index is 13.3. The van der Waals surface area contributed by atoms with E-state index in [1.165, 1.54) is 13.0 Å². The predicted molar refractivity (Wildman–Crippen MR) is 122 cm³/mol. The summed E-state index contributed by atoms with van der Waals surface area (Å²) in [6.07, 6.45) is 1.09. The van der Waals surface area contributed by atoms with Gasteiger partial charge in [-0.25, -0.2) is 9.97 Å². The van der Waals surface area contributed by atoms with Crippen molar-refractivity contribution in [3.05, 3.63) is 42.3 Å². The van der Waals surface area contributed by atoms with Crippen molar-refractivity contribution >= 4 is 50.7 Å². The zero-order valence-corrected chi connectivity index (χ0v) is 18.4. The minimum atomic E-state index is -0.423. The fourth-order valence-corrected chi connectivity index (χ4v) is 5.57. The number of anilines is 2. The third kappa shape index (κ3) is 5.47. The Labute approximate surface area is 183 Å². The summed E-state index contributed by atoms with van der Waals surface area (Å²) in [4.78, 5) is 24.5. The summed E-state index contributed by atoms with van der Waals surface area (Å²) < 4.78 is 15.5. The lowest BCUT2D eigenvalue weighted by Gasteiger charge is -2.35. The summed E-state index contributed by atoms with van der Waals surface area (Å²) in [7, 11) is 0. The number of rotatable bonds is 7. The summed E-state index contributed by atoms with van der Waals surface area (Å²) in [5, 5.41) is 2.81. The Morgan fingerprint density at radius 1 is 1.20 bits per heavy atom. The molecule has 0 bridgehead atoms. The monoisotopic (exact) mass is 445 g/mol. The zero-order valence-electron chi connectivity index (χ0n) is 16.8. The molecule has 30 heavy (non-hydrogen) atoms. The van der Waals surface area contributed by atoms with E-state index in [0.717, 1.165) is 71.0 Å². The summed E-state index contributed by atoms with van der Waals surface area (Å²) >= 11 is 3.45. The summed E-state index contributed by atoms with van der Waals surface area (Å²) in [6, 6.07) is 10.8. The summed E-state index contributed by atoms with van der Waals surface area (Å²) in [5.41, 5.74) is 1.78. The Morgan fingerprint density at radius 2 is 2.03 bits per heavy atom. The highest BCUT2D eigenvalue weighted by Gasteiger charge is 2.18. The van der Waals surface area contributed by atoms with Crippen LogP contribution >= 0.6 is 23.1 Å². The topological polar surface area (TPSA) is 61.4 Å². The molecular formula is C21H24FN5OS2. The summed E-state index contributed by atoms with van der Waals surface area (Å²) in [6.45, 7) is 6.24. The average molecular weight is 446 g/mol. The van der Waals surface area contributed by atoms with Crippen molar-refractivity contribution < 1.29 is 9.18 Å². The first kappa shape index (κ1) is 21.0. The normalized spacial score (nSPS) is 14.9. The SMILES string of the molecule is CC(=O)Nc1ccc2nc(SCCCN3CCN(c4cccc(F)n4)CC3)sc2c1. The molecular weight excluding hydrogens is 421 g/mol. The van der Waals surface area contributed by atoms with Crippen LogP contribution in [0.4, 0.5) is 15.9 Å². The number of benzene rings is 1. The molecule has 0 unspecified atom stereocenters. The number of halogens is 1. The molecule has 1 fully saturated rings. The van der Waals surface area contributed by atoms with Crippen LogP contribution in [0.5, 0.6) is 0 Å². The number of hydrogen-bond acceptors (Lipinski definition) is 7. The van der Waals surface area contributed by atoms with Crippen molar-refractivity contribution in [1.29, 1.82) is 0 Å². The van der Waals surface area contributed by atoms with Gasteiger partial charge in [0.15, 0.2) is 4.34 Å². The van der Waals surface area contributed by atoms with E-state index >= 15 is 0 Å². The van der Waals surface area contributed by atoms with Gasteiger partial charge in [0.1, 0.15) is 5.82 Å². The Hall–Kier alpha value is -2.23. The summed E-state index contributed by atoms with van der Waals surface area (Å²) in [5.74, 6) is 1.25. The first-order valence-corrected chi connectivity index (χ1v) is 11.8. The first-order chi connectivity index (χ1) is 14.6. The third-order valence-corrected chi connectivity index (χ3v) is 7.18. The van der Waals surface area contributed by atoms with Crippen LogP contribution < -0.4 is 10.2 Å². The number of amides is 1. The van der Waals surface area contributed by atoms with E-state index in [-0.39, 0.29) is 5.91 Å². The second-order valence-corrected chi connectivity index (χ2v) is 9.57. The molecule has 1 aliphatic heterocycles. The molecule has 9 heteroatoms. The maximum Gasteiger partial charge on any atom is 0.221 e. The average Bonchev–Trinajstić information content (AvgIpc) is 3.13. The van der Waals surface area contributed by atoms with E-state index in [2.05, 4.69) is 25.1 Å². The fourth-order valence-electron chi connectivity index (χ4n) is 3.47. The number of piperazine rings is 1. The Balaban J connectivity index is 1.20. The standard InChI is InChI=1S/C21H24FN5OS2/c1-15(28)23-16-6-7-17-18(14-16)30-21(24-17)29-13-3-8-26-9-11-27(12-10-26)20-5-2-4-19(22)25-20/h2,4-7,14H,3,8-13H2,1H3,(H,23,28). The Kier molecular flexibility index (Phi) is 6.81. The molecule has 3 aromatic rings. The number of thioether (sulfide) groups is 1. The molecule has 3 heterocycles. The molecule has 0 radical (unpaired) electrons. The smallest absolute Gasteiger partial charge is 0.221 e. The van der Waals surface area contributed by atoms with Crippen LogP contribution in [-0.4, -0.2) is 59.3 Å². The van der Waals surface area contributed by atoms with E-state index < -0.39 is 5.95 Å². The molecule has 1 aromatic carbocycles. The van der Waals surface area contributed by atoms with Crippen LogP contribution in [0.3, 0.4) is 0 Å². The predicted octanol–water partition coefficient (Wildman–Crippen LogP) is 4.09. The lowest BCUT2D eigenvalue weighted by atomic mass is 10.3. The molecule has 2 aromatic heterocycles. The van der Waals surface area contributed by atoms with E-state index in [1.54, 1.807) is 29.2 Å². The van der Waals surface area contributed by atoms with Gasteiger partial charge in [-0.05, 0) is 43.3 Å².